The predicted molar refractivity (Wildman–Crippen MR) is 86.5 cm³/mol. The summed E-state index contributed by atoms with van der Waals surface area (Å²) >= 11 is 11.9. The average Bonchev–Trinajstić information content (AvgIpc) is 2.65. The number of aliphatic hydroxyl groups is 1. The fourth-order valence-electron chi connectivity index (χ4n) is 2.50. The summed E-state index contributed by atoms with van der Waals surface area (Å²) in [5.74, 6) is -0.225. The topological polar surface area (TPSA) is 49.3 Å². The summed E-state index contributed by atoms with van der Waals surface area (Å²) in [5.41, 5.74) is 0.695. The number of halogens is 2. The molecule has 1 aromatic carbocycles. The lowest BCUT2D eigenvalue weighted by molar-refractivity contribution is -0.118. The SMILES string of the molecule is O=C(/C=C/c1cc(Cl)ccc1Cl)NC1CCCCCC1O. The van der Waals surface area contributed by atoms with Gasteiger partial charge in [-0.25, -0.2) is 0 Å². The van der Waals surface area contributed by atoms with Crippen LogP contribution < -0.4 is 5.32 Å². The molecule has 1 saturated carbocycles. The van der Waals surface area contributed by atoms with Crippen molar-refractivity contribution in [2.24, 2.45) is 0 Å². The van der Waals surface area contributed by atoms with Gasteiger partial charge in [0.2, 0.25) is 5.91 Å². The van der Waals surface area contributed by atoms with Gasteiger partial charge in [0.15, 0.2) is 0 Å². The van der Waals surface area contributed by atoms with Crippen LogP contribution in [0.5, 0.6) is 0 Å². The molecule has 0 aromatic heterocycles. The van der Waals surface area contributed by atoms with Crippen LogP contribution in [0.2, 0.25) is 10.0 Å². The highest BCUT2D eigenvalue weighted by Crippen LogP contribution is 2.22. The van der Waals surface area contributed by atoms with Crippen molar-refractivity contribution in [3.05, 3.63) is 39.9 Å². The number of carbonyl (C=O) groups excluding carboxylic acids is 1. The fourth-order valence-corrected chi connectivity index (χ4v) is 2.86. The van der Waals surface area contributed by atoms with Gasteiger partial charge in [0.05, 0.1) is 12.1 Å². The molecular formula is C16H19Cl2NO2. The Morgan fingerprint density at radius 2 is 2.00 bits per heavy atom. The van der Waals surface area contributed by atoms with E-state index in [0.29, 0.717) is 15.6 Å². The smallest absolute Gasteiger partial charge is 0.244 e. The van der Waals surface area contributed by atoms with Crippen LogP contribution in [0.3, 0.4) is 0 Å². The van der Waals surface area contributed by atoms with Gasteiger partial charge in [-0.15, -0.1) is 0 Å². The van der Waals surface area contributed by atoms with Gasteiger partial charge in [-0.05, 0) is 42.7 Å². The van der Waals surface area contributed by atoms with Crippen LogP contribution in [-0.2, 0) is 4.79 Å². The number of nitrogens with one attached hydrogen (secondary N) is 1. The molecule has 1 aromatic rings. The van der Waals surface area contributed by atoms with E-state index in [0.717, 1.165) is 32.1 Å². The highest BCUT2D eigenvalue weighted by Gasteiger charge is 2.22. The molecule has 1 fully saturated rings. The van der Waals surface area contributed by atoms with Crippen LogP contribution in [0.1, 0.15) is 37.7 Å². The molecular weight excluding hydrogens is 309 g/mol. The number of aliphatic hydroxyl groups excluding tert-OH is 1. The monoisotopic (exact) mass is 327 g/mol. The minimum absolute atomic E-state index is 0.167. The second kappa shape index (κ2) is 7.83. The van der Waals surface area contributed by atoms with Gasteiger partial charge in [0.25, 0.3) is 0 Å². The predicted octanol–water partition coefficient (Wildman–Crippen LogP) is 3.82. The van der Waals surface area contributed by atoms with Crippen LogP contribution in [0.4, 0.5) is 0 Å². The van der Waals surface area contributed by atoms with Crippen molar-refractivity contribution in [2.75, 3.05) is 0 Å². The Morgan fingerprint density at radius 3 is 2.81 bits per heavy atom. The van der Waals surface area contributed by atoms with Crippen molar-refractivity contribution in [3.63, 3.8) is 0 Å². The van der Waals surface area contributed by atoms with Gasteiger partial charge in [0.1, 0.15) is 0 Å². The molecule has 0 radical (unpaired) electrons. The molecule has 0 saturated heterocycles. The zero-order chi connectivity index (χ0) is 15.2. The van der Waals surface area contributed by atoms with Crippen LogP contribution in [0, 0.1) is 0 Å². The Balaban J connectivity index is 1.97. The first-order valence-corrected chi connectivity index (χ1v) is 7.93. The van der Waals surface area contributed by atoms with E-state index in [1.54, 1.807) is 24.3 Å². The van der Waals surface area contributed by atoms with Crippen molar-refractivity contribution >= 4 is 35.2 Å². The maximum Gasteiger partial charge on any atom is 0.244 e. The molecule has 114 valence electrons. The molecule has 1 aliphatic rings. The van der Waals surface area contributed by atoms with E-state index in [-0.39, 0.29) is 11.9 Å². The molecule has 5 heteroatoms. The van der Waals surface area contributed by atoms with Crippen molar-refractivity contribution in [2.45, 2.75) is 44.2 Å². The molecule has 2 N–H and O–H groups in total. The third-order valence-corrected chi connectivity index (χ3v) is 4.26. The second-order valence-corrected chi connectivity index (χ2v) is 6.16. The Bertz CT molecular complexity index is 531. The van der Waals surface area contributed by atoms with Gasteiger partial charge in [-0.3, -0.25) is 4.79 Å². The molecule has 0 bridgehead atoms. The van der Waals surface area contributed by atoms with E-state index in [1.165, 1.54) is 6.08 Å². The second-order valence-electron chi connectivity index (χ2n) is 5.32. The third-order valence-electron chi connectivity index (χ3n) is 3.68. The first-order valence-electron chi connectivity index (χ1n) is 7.18. The van der Waals surface area contributed by atoms with Crippen molar-refractivity contribution < 1.29 is 9.90 Å². The summed E-state index contributed by atoms with van der Waals surface area (Å²) in [6.07, 6.45) is 7.32. The zero-order valence-corrected chi connectivity index (χ0v) is 13.2. The minimum Gasteiger partial charge on any atom is -0.391 e. The number of amides is 1. The van der Waals surface area contributed by atoms with E-state index >= 15 is 0 Å². The lowest BCUT2D eigenvalue weighted by atomic mass is 10.1. The third kappa shape index (κ3) is 5.03. The van der Waals surface area contributed by atoms with Crippen molar-refractivity contribution in [3.8, 4) is 0 Å². The summed E-state index contributed by atoms with van der Waals surface area (Å²) in [5, 5.41) is 14.0. The quantitative estimate of drug-likeness (QED) is 0.655. The molecule has 2 rings (SSSR count). The first-order chi connectivity index (χ1) is 10.1. The molecule has 0 heterocycles. The average molecular weight is 328 g/mol. The number of hydrogen-bond acceptors (Lipinski definition) is 2. The molecule has 0 aliphatic heterocycles. The van der Waals surface area contributed by atoms with E-state index in [9.17, 15) is 9.90 Å². The van der Waals surface area contributed by atoms with Gasteiger partial charge >= 0.3 is 0 Å². The molecule has 21 heavy (non-hydrogen) atoms. The maximum absolute atomic E-state index is 12.0. The Morgan fingerprint density at radius 1 is 1.24 bits per heavy atom. The zero-order valence-electron chi connectivity index (χ0n) is 11.7. The number of hydrogen-bond donors (Lipinski definition) is 2. The normalized spacial score (nSPS) is 23.0. The van der Waals surface area contributed by atoms with Crippen molar-refractivity contribution in [1.82, 2.24) is 5.32 Å². The molecule has 1 amide bonds. The summed E-state index contributed by atoms with van der Waals surface area (Å²) < 4.78 is 0. The lowest BCUT2D eigenvalue weighted by Crippen LogP contribution is -2.41. The number of carbonyl (C=O) groups is 1. The fraction of sp³-hybridized carbons (Fsp3) is 0.438. The Labute approximate surface area is 134 Å². The summed E-state index contributed by atoms with van der Waals surface area (Å²) in [6.45, 7) is 0. The van der Waals surface area contributed by atoms with E-state index in [4.69, 9.17) is 23.2 Å². The van der Waals surface area contributed by atoms with Gasteiger partial charge < -0.3 is 10.4 Å². The summed E-state index contributed by atoms with van der Waals surface area (Å²) in [6, 6.07) is 4.92. The molecule has 1 aliphatic carbocycles. The lowest BCUT2D eigenvalue weighted by Gasteiger charge is -2.20. The number of rotatable bonds is 3. The van der Waals surface area contributed by atoms with Gasteiger partial charge in [0, 0.05) is 16.1 Å². The highest BCUT2D eigenvalue weighted by molar-refractivity contribution is 6.34. The van der Waals surface area contributed by atoms with Crippen LogP contribution >= 0.6 is 23.2 Å². The summed E-state index contributed by atoms with van der Waals surface area (Å²) in [4.78, 5) is 12.0. The van der Waals surface area contributed by atoms with Crippen LogP contribution in [0.25, 0.3) is 6.08 Å². The highest BCUT2D eigenvalue weighted by atomic mass is 35.5. The van der Waals surface area contributed by atoms with E-state index in [2.05, 4.69) is 5.32 Å². The number of benzene rings is 1. The van der Waals surface area contributed by atoms with Crippen molar-refractivity contribution in [1.29, 1.82) is 0 Å². The van der Waals surface area contributed by atoms with E-state index in [1.807, 2.05) is 0 Å². The Kier molecular flexibility index (Phi) is 6.09. The Hall–Kier alpha value is -1.03. The molecule has 0 spiro atoms. The van der Waals surface area contributed by atoms with Gasteiger partial charge in [-0.1, -0.05) is 42.5 Å². The maximum atomic E-state index is 12.0. The van der Waals surface area contributed by atoms with Crippen LogP contribution in [-0.4, -0.2) is 23.2 Å². The molecule has 2 atom stereocenters. The van der Waals surface area contributed by atoms with Gasteiger partial charge in [-0.2, -0.15) is 0 Å². The largest absolute Gasteiger partial charge is 0.391 e. The van der Waals surface area contributed by atoms with E-state index < -0.39 is 6.10 Å². The molecule has 2 unspecified atom stereocenters. The molecule has 3 nitrogen and oxygen atoms in total. The minimum atomic E-state index is -0.459. The van der Waals surface area contributed by atoms with Crippen LogP contribution in [0.15, 0.2) is 24.3 Å². The standard InChI is InChI=1S/C16H19Cl2NO2/c17-12-7-8-13(18)11(10-12)6-9-16(21)19-14-4-2-1-3-5-15(14)20/h6-10,14-15,20H,1-5H2,(H,19,21)/b9-6+. The summed E-state index contributed by atoms with van der Waals surface area (Å²) in [7, 11) is 0. The first kappa shape index (κ1) is 16.3.